The molecular weight excluding hydrogens is 272 g/mol. The summed E-state index contributed by atoms with van der Waals surface area (Å²) in [6, 6.07) is 4.41. The van der Waals surface area contributed by atoms with Gasteiger partial charge in [-0.25, -0.2) is 0 Å². The molecule has 1 aromatic carbocycles. The number of nitrogens with zero attached hydrogens (tertiary/aromatic N) is 1. The van der Waals surface area contributed by atoms with Gasteiger partial charge in [-0.3, -0.25) is 0 Å². The third-order valence-corrected chi connectivity index (χ3v) is 4.50. The maximum absolute atomic E-state index is 5.76. The van der Waals surface area contributed by atoms with Crippen molar-refractivity contribution in [1.82, 2.24) is 10.2 Å². The summed E-state index contributed by atoms with van der Waals surface area (Å²) in [7, 11) is 0. The van der Waals surface area contributed by atoms with Gasteiger partial charge in [-0.05, 0) is 74.9 Å². The van der Waals surface area contributed by atoms with Gasteiger partial charge in [-0.15, -0.1) is 0 Å². The highest BCUT2D eigenvalue weighted by atomic mass is 16.5. The van der Waals surface area contributed by atoms with E-state index in [1.54, 1.807) is 0 Å². The zero-order chi connectivity index (χ0) is 15.8. The Balaban J connectivity index is 1.79. The van der Waals surface area contributed by atoms with Crippen LogP contribution in [0.15, 0.2) is 12.1 Å². The fourth-order valence-electron chi connectivity index (χ4n) is 3.22. The largest absolute Gasteiger partial charge is 0.494 e. The van der Waals surface area contributed by atoms with Crippen LogP contribution >= 0.6 is 0 Å². The van der Waals surface area contributed by atoms with Gasteiger partial charge in [-0.2, -0.15) is 0 Å². The number of aryl methyl sites for hydroxylation is 2. The molecule has 1 N–H and O–H groups in total. The Labute approximate surface area is 136 Å². The standard InChI is InChI=1S/C19H32N2O/c1-4-13-22-18-14-16(2)19(17(3)15-18)7-5-6-10-21-11-8-20-9-12-21/h14-15,20H,4-13H2,1-3H3. The van der Waals surface area contributed by atoms with Gasteiger partial charge in [0.25, 0.3) is 0 Å². The lowest BCUT2D eigenvalue weighted by molar-refractivity contribution is 0.237. The Morgan fingerprint density at radius 3 is 2.41 bits per heavy atom. The van der Waals surface area contributed by atoms with Crippen LogP contribution in [0.2, 0.25) is 0 Å². The fourth-order valence-corrected chi connectivity index (χ4v) is 3.22. The molecular formula is C19H32N2O. The van der Waals surface area contributed by atoms with E-state index in [1.807, 2.05) is 0 Å². The summed E-state index contributed by atoms with van der Waals surface area (Å²) < 4.78 is 5.76. The molecule has 1 fully saturated rings. The van der Waals surface area contributed by atoms with E-state index in [0.717, 1.165) is 31.9 Å². The molecule has 1 saturated heterocycles. The lowest BCUT2D eigenvalue weighted by Gasteiger charge is -2.27. The van der Waals surface area contributed by atoms with E-state index in [2.05, 4.69) is 43.1 Å². The van der Waals surface area contributed by atoms with E-state index in [9.17, 15) is 0 Å². The first-order valence-corrected chi connectivity index (χ1v) is 8.86. The van der Waals surface area contributed by atoms with Gasteiger partial charge in [0.1, 0.15) is 5.75 Å². The molecule has 0 radical (unpaired) electrons. The summed E-state index contributed by atoms with van der Waals surface area (Å²) in [4.78, 5) is 2.58. The Bertz CT molecular complexity index is 430. The first-order valence-electron chi connectivity index (χ1n) is 8.86. The second kappa shape index (κ2) is 9.16. The smallest absolute Gasteiger partial charge is 0.119 e. The zero-order valence-electron chi connectivity index (χ0n) is 14.6. The van der Waals surface area contributed by atoms with Crippen LogP contribution in [0.4, 0.5) is 0 Å². The van der Waals surface area contributed by atoms with Gasteiger partial charge in [-0.1, -0.05) is 6.92 Å². The Hall–Kier alpha value is -1.06. The molecule has 1 aliphatic heterocycles. The third-order valence-electron chi connectivity index (χ3n) is 4.50. The van der Waals surface area contributed by atoms with Crippen LogP contribution in [-0.2, 0) is 6.42 Å². The fraction of sp³-hybridized carbons (Fsp3) is 0.684. The van der Waals surface area contributed by atoms with Crippen molar-refractivity contribution in [2.24, 2.45) is 0 Å². The molecule has 124 valence electrons. The van der Waals surface area contributed by atoms with Crippen LogP contribution in [0.5, 0.6) is 5.75 Å². The van der Waals surface area contributed by atoms with E-state index in [-0.39, 0.29) is 0 Å². The predicted molar refractivity (Wildman–Crippen MR) is 93.9 cm³/mol. The molecule has 1 aliphatic rings. The molecule has 0 spiro atoms. The van der Waals surface area contributed by atoms with Gasteiger partial charge in [0.05, 0.1) is 6.61 Å². The van der Waals surface area contributed by atoms with Crippen LogP contribution in [0.25, 0.3) is 0 Å². The summed E-state index contributed by atoms with van der Waals surface area (Å²) in [5.74, 6) is 1.03. The molecule has 22 heavy (non-hydrogen) atoms. The quantitative estimate of drug-likeness (QED) is 0.746. The van der Waals surface area contributed by atoms with E-state index >= 15 is 0 Å². The first-order chi connectivity index (χ1) is 10.7. The molecule has 0 aliphatic carbocycles. The van der Waals surface area contributed by atoms with Crippen molar-refractivity contribution in [2.45, 2.75) is 46.5 Å². The van der Waals surface area contributed by atoms with Gasteiger partial charge in [0.15, 0.2) is 0 Å². The van der Waals surface area contributed by atoms with Crippen molar-refractivity contribution < 1.29 is 4.74 Å². The Morgan fingerprint density at radius 1 is 1.09 bits per heavy atom. The first kappa shape index (κ1) is 17.3. The number of nitrogens with one attached hydrogen (secondary N) is 1. The molecule has 0 bridgehead atoms. The van der Waals surface area contributed by atoms with Crippen molar-refractivity contribution in [1.29, 1.82) is 0 Å². The van der Waals surface area contributed by atoms with Gasteiger partial charge >= 0.3 is 0 Å². The van der Waals surface area contributed by atoms with Gasteiger partial charge in [0, 0.05) is 26.2 Å². The van der Waals surface area contributed by atoms with Gasteiger partial charge < -0.3 is 15.0 Å². The highest BCUT2D eigenvalue weighted by molar-refractivity contribution is 5.41. The topological polar surface area (TPSA) is 24.5 Å². The second-order valence-corrected chi connectivity index (χ2v) is 6.43. The van der Waals surface area contributed by atoms with E-state index in [1.165, 1.54) is 55.6 Å². The number of benzene rings is 1. The van der Waals surface area contributed by atoms with Crippen LogP contribution < -0.4 is 10.1 Å². The van der Waals surface area contributed by atoms with Crippen molar-refractivity contribution >= 4 is 0 Å². The maximum Gasteiger partial charge on any atom is 0.119 e. The Kier molecular flexibility index (Phi) is 7.20. The van der Waals surface area contributed by atoms with Crippen molar-refractivity contribution in [3.63, 3.8) is 0 Å². The summed E-state index contributed by atoms with van der Waals surface area (Å²) in [6.45, 7) is 13.4. The minimum absolute atomic E-state index is 0.808. The number of hydrogen-bond acceptors (Lipinski definition) is 3. The normalized spacial score (nSPS) is 16.0. The molecule has 0 aromatic heterocycles. The summed E-state index contributed by atoms with van der Waals surface area (Å²) in [6.07, 6.45) is 4.83. The zero-order valence-corrected chi connectivity index (χ0v) is 14.6. The molecule has 3 nitrogen and oxygen atoms in total. The molecule has 2 rings (SSSR count). The minimum atomic E-state index is 0.808. The third kappa shape index (κ3) is 5.29. The molecule has 0 amide bonds. The molecule has 3 heteroatoms. The lowest BCUT2D eigenvalue weighted by Crippen LogP contribution is -2.43. The van der Waals surface area contributed by atoms with Crippen LogP contribution in [0.3, 0.4) is 0 Å². The number of hydrogen-bond donors (Lipinski definition) is 1. The van der Waals surface area contributed by atoms with Crippen LogP contribution in [0, 0.1) is 13.8 Å². The SMILES string of the molecule is CCCOc1cc(C)c(CCCCN2CCNCC2)c(C)c1. The molecule has 0 unspecified atom stereocenters. The van der Waals surface area contributed by atoms with Crippen molar-refractivity contribution in [3.8, 4) is 5.75 Å². The summed E-state index contributed by atoms with van der Waals surface area (Å²) >= 11 is 0. The van der Waals surface area contributed by atoms with Crippen LogP contribution in [0.1, 0.15) is 42.9 Å². The summed E-state index contributed by atoms with van der Waals surface area (Å²) in [5.41, 5.74) is 4.28. The Morgan fingerprint density at radius 2 is 1.77 bits per heavy atom. The van der Waals surface area contributed by atoms with E-state index in [0.29, 0.717) is 0 Å². The maximum atomic E-state index is 5.76. The van der Waals surface area contributed by atoms with Crippen molar-refractivity contribution in [2.75, 3.05) is 39.3 Å². The molecule has 0 saturated carbocycles. The lowest BCUT2D eigenvalue weighted by atomic mass is 9.97. The predicted octanol–water partition coefficient (Wildman–Crippen LogP) is 3.32. The van der Waals surface area contributed by atoms with E-state index < -0.39 is 0 Å². The second-order valence-electron chi connectivity index (χ2n) is 6.43. The molecule has 1 heterocycles. The monoisotopic (exact) mass is 304 g/mol. The number of ether oxygens (including phenoxy) is 1. The number of rotatable bonds is 8. The number of piperazine rings is 1. The van der Waals surface area contributed by atoms with Gasteiger partial charge in [0.2, 0.25) is 0 Å². The summed E-state index contributed by atoms with van der Waals surface area (Å²) in [5, 5.41) is 3.41. The molecule has 0 atom stereocenters. The van der Waals surface area contributed by atoms with E-state index in [4.69, 9.17) is 4.74 Å². The highest BCUT2D eigenvalue weighted by Crippen LogP contribution is 2.23. The minimum Gasteiger partial charge on any atom is -0.494 e. The average molecular weight is 304 g/mol. The highest BCUT2D eigenvalue weighted by Gasteiger charge is 2.09. The average Bonchev–Trinajstić information content (AvgIpc) is 2.52. The molecule has 1 aromatic rings. The number of unbranched alkanes of at least 4 members (excludes halogenated alkanes) is 1. The van der Waals surface area contributed by atoms with Crippen LogP contribution in [-0.4, -0.2) is 44.2 Å². The van der Waals surface area contributed by atoms with Crippen molar-refractivity contribution in [3.05, 3.63) is 28.8 Å².